The van der Waals surface area contributed by atoms with Crippen LogP contribution in [-0.4, -0.2) is 51.7 Å². The molecule has 0 unspecified atom stereocenters. The van der Waals surface area contributed by atoms with Gasteiger partial charge in [-0.05, 0) is 12.8 Å². The fourth-order valence-corrected chi connectivity index (χ4v) is 0.778. The maximum Gasteiger partial charge on any atom is 0.381 e. The summed E-state index contributed by atoms with van der Waals surface area (Å²) in [5.41, 5.74) is 0. The van der Waals surface area contributed by atoms with Crippen molar-refractivity contribution in [2.24, 2.45) is 0 Å². The van der Waals surface area contributed by atoms with Crippen molar-refractivity contribution in [3.63, 3.8) is 0 Å². The second-order valence-electron chi connectivity index (χ2n) is 3.00. The first-order chi connectivity index (χ1) is 8.68. The van der Waals surface area contributed by atoms with Crippen molar-refractivity contribution < 1.29 is 24.1 Å². The van der Waals surface area contributed by atoms with Crippen molar-refractivity contribution in [3.8, 4) is 24.2 Å². The monoisotopic (exact) mass is 256 g/mol. The zero-order chi connectivity index (χ0) is 14.1. The molecule has 0 saturated carbocycles. The van der Waals surface area contributed by atoms with Crippen LogP contribution in [0.3, 0.4) is 0 Å². The number of aliphatic carboxylic acids is 1. The van der Waals surface area contributed by atoms with Crippen LogP contribution in [0.25, 0.3) is 0 Å². The number of carboxylic acids is 1. The van der Waals surface area contributed by atoms with E-state index in [0.29, 0.717) is 6.61 Å². The first kappa shape index (κ1) is 18.8. The summed E-state index contributed by atoms with van der Waals surface area (Å²) < 4.78 is 13.9. The minimum Gasteiger partial charge on any atom is -0.472 e. The Hall–Kier alpha value is -1.53. The van der Waals surface area contributed by atoms with Gasteiger partial charge in [0.1, 0.15) is 13.2 Å². The van der Waals surface area contributed by atoms with E-state index in [1.807, 2.05) is 5.92 Å². The minimum absolute atomic E-state index is 0.173. The third kappa shape index (κ3) is 24.0. The normalized spacial score (nSPS) is 11.6. The quantitative estimate of drug-likeness (QED) is 0.740. The fourth-order valence-electron chi connectivity index (χ4n) is 0.778. The molecule has 0 aromatic rings. The SMILES string of the molecule is C#CCOC.C1CCOC1.COCC#CC(=O)O. The van der Waals surface area contributed by atoms with E-state index in [9.17, 15) is 4.79 Å². The molecule has 102 valence electrons. The minimum atomic E-state index is -1.12. The van der Waals surface area contributed by atoms with Gasteiger partial charge in [0.25, 0.3) is 0 Å². The molecular weight excluding hydrogens is 236 g/mol. The van der Waals surface area contributed by atoms with Crippen LogP contribution in [0.2, 0.25) is 0 Å². The molecule has 0 radical (unpaired) electrons. The molecule has 1 N–H and O–H groups in total. The van der Waals surface area contributed by atoms with E-state index in [4.69, 9.17) is 16.3 Å². The van der Waals surface area contributed by atoms with Gasteiger partial charge in [-0.3, -0.25) is 0 Å². The second kappa shape index (κ2) is 17.9. The summed E-state index contributed by atoms with van der Waals surface area (Å²) in [7, 11) is 3.02. The van der Waals surface area contributed by atoms with E-state index < -0.39 is 5.97 Å². The fraction of sp³-hybridized carbons (Fsp3) is 0.615. The number of rotatable bonds is 2. The summed E-state index contributed by atoms with van der Waals surface area (Å²) in [6, 6.07) is 0. The number of ether oxygens (including phenoxy) is 3. The molecule has 1 aliphatic rings. The van der Waals surface area contributed by atoms with Crippen molar-refractivity contribution in [1.82, 2.24) is 0 Å². The molecule has 1 aliphatic heterocycles. The van der Waals surface area contributed by atoms with Gasteiger partial charge < -0.3 is 19.3 Å². The maximum atomic E-state index is 9.64. The Labute approximate surface area is 108 Å². The average molecular weight is 256 g/mol. The number of hydrogen-bond acceptors (Lipinski definition) is 4. The van der Waals surface area contributed by atoms with Crippen LogP contribution in [-0.2, 0) is 19.0 Å². The van der Waals surface area contributed by atoms with Crippen LogP contribution >= 0.6 is 0 Å². The molecule has 5 heteroatoms. The molecule has 1 heterocycles. The number of hydrogen-bond donors (Lipinski definition) is 1. The van der Waals surface area contributed by atoms with Crippen molar-refractivity contribution in [3.05, 3.63) is 0 Å². The predicted octanol–water partition coefficient (Wildman–Crippen LogP) is 0.784. The second-order valence-corrected chi connectivity index (χ2v) is 3.00. The molecule has 0 amide bonds. The van der Waals surface area contributed by atoms with E-state index in [2.05, 4.69) is 21.3 Å². The number of carbonyl (C=O) groups is 1. The van der Waals surface area contributed by atoms with Crippen LogP contribution in [0.15, 0.2) is 0 Å². The molecule has 1 fully saturated rings. The van der Waals surface area contributed by atoms with Crippen molar-refractivity contribution in [2.75, 3.05) is 40.6 Å². The number of methoxy groups -OCH3 is 2. The zero-order valence-corrected chi connectivity index (χ0v) is 10.9. The van der Waals surface area contributed by atoms with Crippen LogP contribution in [0.5, 0.6) is 0 Å². The molecule has 5 nitrogen and oxygen atoms in total. The molecule has 1 rings (SSSR count). The van der Waals surface area contributed by atoms with Crippen LogP contribution in [0.1, 0.15) is 12.8 Å². The van der Waals surface area contributed by atoms with E-state index in [1.165, 1.54) is 20.0 Å². The standard InChI is InChI=1S/C5H6O3.C4H8O.C4H6O/c1-8-4-2-3-5(6)7;1-2-4-5-3-1;1-3-4-5-2/h4H2,1H3,(H,6,7);1-4H2;1H,4H2,2H3. The van der Waals surface area contributed by atoms with Crippen LogP contribution < -0.4 is 0 Å². The van der Waals surface area contributed by atoms with Gasteiger partial charge in [0.15, 0.2) is 0 Å². The third-order valence-corrected chi connectivity index (χ3v) is 1.47. The first-order valence-electron chi connectivity index (χ1n) is 5.39. The third-order valence-electron chi connectivity index (χ3n) is 1.47. The summed E-state index contributed by atoms with van der Waals surface area (Å²) in [5, 5.41) is 7.91. The zero-order valence-electron chi connectivity index (χ0n) is 10.9. The highest BCUT2D eigenvalue weighted by molar-refractivity contribution is 5.86. The Balaban J connectivity index is 0. The molecule has 0 aromatic heterocycles. The summed E-state index contributed by atoms with van der Waals surface area (Å²) in [6.45, 7) is 2.59. The molecule has 0 spiro atoms. The van der Waals surface area contributed by atoms with Gasteiger partial charge in [0.2, 0.25) is 0 Å². The molecule has 0 bridgehead atoms. The first-order valence-corrected chi connectivity index (χ1v) is 5.39. The molecule has 18 heavy (non-hydrogen) atoms. The van der Waals surface area contributed by atoms with Crippen LogP contribution in [0, 0.1) is 24.2 Å². The maximum absolute atomic E-state index is 9.64. The van der Waals surface area contributed by atoms with Gasteiger partial charge in [-0.15, -0.1) is 6.42 Å². The highest BCUT2D eigenvalue weighted by Crippen LogP contribution is 1.98. The highest BCUT2D eigenvalue weighted by atomic mass is 16.5. The van der Waals surface area contributed by atoms with Crippen molar-refractivity contribution in [1.29, 1.82) is 0 Å². The lowest BCUT2D eigenvalue weighted by atomic mass is 10.4. The van der Waals surface area contributed by atoms with Crippen LogP contribution in [0.4, 0.5) is 0 Å². The van der Waals surface area contributed by atoms with E-state index >= 15 is 0 Å². The smallest absolute Gasteiger partial charge is 0.381 e. The average Bonchev–Trinajstić information content (AvgIpc) is 2.89. The lowest BCUT2D eigenvalue weighted by Crippen LogP contribution is -1.89. The molecule has 0 atom stereocenters. The van der Waals surface area contributed by atoms with Gasteiger partial charge in [0.05, 0.1) is 0 Å². The summed E-state index contributed by atoms with van der Waals surface area (Å²) in [4.78, 5) is 9.64. The Kier molecular flexibility index (Phi) is 18.7. The lowest BCUT2D eigenvalue weighted by molar-refractivity contribution is -0.130. The molecule has 0 aliphatic carbocycles. The molecule has 0 aromatic carbocycles. The van der Waals surface area contributed by atoms with E-state index in [0.717, 1.165) is 13.2 Å². The van der Waals surface area contributed by atoms with Crippen molar-refractivity contribution in [2.45, 2.75) is 12.8 Å². The summed E-state index contributed by atoms with van der Waals surface area (Å²) in [6.07, 6.45) is 7.32. The van der Waals surface area contributed by atoms with E-state index in [1.54, 1.807) is 7.11 Å². The van der Waals surface area contributed by atoms with Gasteiger partial charge in [-0.1, -0.05) is 11.8 Å². The predicted molar refractivity (Wildman–Crippen MR) is 68.0 cm³/mol. The Morgan fingerprint density at radius 3 is 2.06 bits per heavy atom. The van der Waals surface area contributed by atoms with Gasteiger partial charge >= 0.3 is 5.97 Å². The summed E-state index contributed by atoms with van der Waals surface area (Å²) in [5.74, 6) is 5.32. The summed E-state index contributed by atoms with van der Waals surface area (Å²) >= 11 is 0. The topological polar surface area (TPSA) is 65.0 Å². The highest BCUT2D eigenvalue weighted by Gasteiger charge is 1.94. The lowest BCUT2D eigenvalue weighted by Gasteiger charge is -1.79. The Morgan fingerprint density at radius 2 is 1.83 bits per heavy atom. The molecular formula is C13H20O5. The number of terminal acetylenes is 1. The largest absolute Gasteiger partial charge is 0.472 e. The van der Waals surface area contributed by atoms with Gasteiger partial charge in [0, 0.05) is 33.4 Å². The van der Waals surface area contributed by atoms with E-state index in [-0.39, 0.29) is 6.61 Å². The Morgan fingerprint density at radius 1 is 1.28 bits per heavy atom. The van der Waals surface area contributed by atoms with Gasteiger partial charge in [-0.2, -0.15) is 0 Å². The van der Waals surface area contributed by atoms with Crippen molar-refractivity contribution >= 4 is 5.97 Å². The molecule has 1 saturated heterocycles. The van der Waals surface area contributed by atoms with Gasteiger partial charge in [-0.25, -0.2) is 4.79 Å². The number of carboxylic acid groups (broad SMARTS) is 1. The Bertz CT molecular complexity index is 270.